The van der Waals surface area contributed by atoms with Gasteiger partial charge in [0, 0.05) is 19.6 Å². The van der Waals surface area contributed by atoms with Gasteiger partial charge in [-0.25, -0.2) is 4.98 Å². The van der Waals surface area contributed by atoms with Crippen molar-refractivity contribution in [1.82, 2.24) is 14.9 Å². The maximum atomic E-state index is 8.83. The molecule has 1 aromatic heterocycles. The van der Waals surface area contributed by atoms with Crippen LogP contribution in [-0.4, -0.2) is 52.3 Å². The number of hydrogen-bond acceptors (Lipinski definition) is 5. The Hall–Kier alpha value is -1.20. The highest BCUT2D eigenvalue weighted by atomic mass is 16.5. The van der Waals surface area contributed by atoms with Crippen LogP contribution in [0.3, 0.4) is 0 Å². The van der Waals surface area contributed by atoms with E-state index in [2.05, 4.69) is 14.9 Å². The molecule has 2 heterocycles. The first kappa shape index (κ1) is 11.3. The van der Waals surface area contributed by atoms with Crippen LogP contribution in [0.5, 0.6) is 5.88 Å². The molecule has 1 atom stereocenters. The van der Waals surface area contributed by atoms with E-state index in [-0.39, 0.29) is 12.7 Å². The third kappa shape index (κ3) is 2.90. The van der Waals surface area contributed by atoms with Crippen molar-refractivity contribution in [2.75, 3.05) is 26.2 Å². The van der Waals surface area contributed by atoms with Gasteiger partial charge in [-0.3, -0.25) is 9.88 Å². The number of aliphatic hydroxyl groups excluding tert-OH is 1. The summed E-state index contributed by atoms with van der Waals surface area (Å²) in [5.74, 6) is 0.585. The first-order valence-electron chi connectivity index (χ1n) is 5.56. The smallest absolute Gasteiger partial charge is 0.232 e. The number of hydrogen-bond donors (Lipinski definition) is 1. The number of β-amino-alcohol motifs (C(OH)–C–C–N with tert-alkyl or cyclic N) is 1. The predicted octanol–water partition coefficient (Wildman–Crippen LogP) is 0.230. The number of aryl methyl sites for hydroxylation is 1. The molecule has 0 radical (unpaired) electrons. The number of rotatable bonds is 4. The van der Waals surface area contributed by atoms with Gasteiger partial charge in [0.15, 0.2) is 0 Å². The molecule has 0 spiro atoms. The molecule has 1 aliphatic heterocycles. The van der Waals surface area contributed by atoms with Crippen molar-refractivity contribution >= 4 is 0 Å². The molecule has 0 amide bonds. The van der Waals surface area contributed by atoms with E-state index in [9.17, 15) is 0 Å². The van der Waals surface area contributed by atoms with Gasteiger partial charge in [-0.1, -0.05) is 0 Å². The molecule has 0 saturated carbocycles. The van der Waals surface area contributed by atoms with Gasteiger partial charge >= 0.3 is 0 Å². The Morgan fingerprint density at radius 2 is 2.38 bits per heavy atom. The highest BCUT2D eigenvalue weighted by Crippen LogP contribution is 2.15. The second kappa shape index (κ2) is 5.23. The number of nitrogens with zero attached hydrogens (tertiary/aromatic N) is 3. The molecule has 5 heteroatoms. The Labute approximate surface area is 95.1 Å². The molecule has 0 aliphatic carbocycles. The zero-order chi connectivity index (χ0) is 11.4. The van der Waals surface area contributed by atoms with Crippen molar-refractivity contribution in [3.8, 4) is 5.88 Å². The van der Waals surface area contributed by atoms with Crippen LogP contribution >= 0.6 is 0 Å². The summed E-state index contributed by atoms with van der Waals surface area (Å²) >= 11 is 0. The molecule has 5 nitrogen and oxygen atoms in total. The van der Waals surface area contributed by atoms with E-state index < -0.39 is 0 Å². The molecule has 1 N–H and O–H groups in total. The van der Waals surface area contributed by atoms with E-state index in [4.69, 9.17) is 9.84 Å². The summed E-state index contributed by atoms with van der Waals surface area (Å²) in [4.78, 5) is 10.5. The summed E-state index contributed by atoms with van der Waals surface area (Å²) in [5, 5.41) is 8.83. The predicted molar refractivity (Wildman–Crippen MR) is 59.3 cm³/mol. The van der Waals surface area contributed by atoms with Crippen molar-refractivity contribution in [2.24, 2.45) is 0 Å². The molecule has 0 bridgehead atoms. The van der Waals surface area contributed by atoms with Crippen LogP contribution in [0.15, 0.2) is 12.4 Å². The minimum Gasteiger partial charge on any atom is -0.472 e. The second-order valence-corrected chi connectivity index (χ2v) is 4.05. The molecule has 88 valence electrons. The lowest BCUT2D eigenvalue weighted by Gasteiger charge is -2.14. The fraction of sp³-hybridized carbons (Fsp3) is 0.636. The zero-order valence-corrected chi connectivity index (χ0v) is 9.46. The fourth-order valence-electron chi connectivity index (χ4n) is 1.85. The monoisotopic (exact) mass is 223 g/mol. The summed E-state index contributed by atoms with van der Waals surface area (Å²) in [6.07, 6.45) is 4.51. The Morgan fingerprint density at radius 3 is 3.06 bits per heavy atom. The third-order valence-corrected chi connectivity index (χ3v) is 2.69. The quantitative estimate of drug-likeness (QED) is 0.792. The Balaban J connectivity index is 1.84. The zero-order valence-electron chi connectivity index (χ0n) is 9.46. The molecule has 1 aliphatic rings. The van der Waals surface area contributed by atoms with Gasteiger partial charge in [0.2, 0.25) is 5.88 Å². The molecule has 0 unspecified atom stereocenters. The summed E-state index contributed by atoms with van der Waals surface area (Å²) in [6, 6.07) is 0. The molecule has 0 aromatic carbocycles. The summed E-state index contributed by atoms with van der Waals surface area (Å²) in [7, 11) is 0. The van der Waals surface area contributed by atoms with Crippen molar-refractivity contribution in [2.45, 2.75) is 19.4 Å². The minimum absolute atomic E-state index is 0.170. The molecule has 1 aromatic rings. The van der Waals surface area contributed by atoms with E-state index in [1.807, 2.05) is 6.92 Å². The lowest BCUT2D eigenvalue weighted by atomic mass is 10.3. The molecule has 1 saturated heterocycles. The topological polar surface area (TPSA) is 58.5 Å². The largest absolute Gasteiger partial charge is 0.472 e. The number of likely N-dealkylation sites (tertiary alicyclic amines) is 1. The number of ether oxygens (including phenoxy) is 1. The molecular weight excluding hydrogens is 206 g/mol. The van der Waals surface area contributed by atoms with E-state index >= 15 is 0 Å². The first-order chi connectivity index (χ1) is 7.78. The molecule has 1 fully saturated rings. The Bertz CT molecular complexity index is 329. The van der Waals surface area contributed by atoms with E-state index in [0.717, 1.165) is 31.7 Å². The van der Waals surface area contributed by atoms with Crippen LogP contribution < -0.4 is 4.74 Å². The Morgan fingerprint density at radius 1 is 1.50 bits per heavy atom. The van der Waals surface area contributed by atoms with Gasteiger partial charge in [-0.05, 0) is 13.3 Å². The van der Waals surface area contributed by atoms with Gasteiger partial charge in [-0.15, -0.1) is 0 Å². The van der Waals surface area contributed by atoms with Crippen LogP contribution in [0.2, 0.25) is 0 Å². The van der Waals surface area contributed by atoms with Crippen molar-refractivity contribution in [3.63, 3.8) is 0 Å². The van der Waals surface area contributed by atoms with Crippen molar-refractivity contribution < 1.29 is 9.84 Å². The molecule has 2 rings (SSSR count). The maximum Gasteiger partial charge on any atom is 0.232 e. The van der Waals surface area contributed by atoms with Crippen LogP contribution in [-0.2, 0) is 0 Å². The maximum absolute atomic E-state index is 8.83. The van der Waals surface area contributed by atoms with Gasteiger partial charge in [0.1, 0.15) is 6.10 Å². The Kier molecular flexibility index (Phi) is 3.69. The van der Waals surface area contributed by atoms with Crippen LogP contribution in [0.4, 0.5) is 0 Å². The van der Waals surface area contributed by atoms with E-state index in [1.165, 1.54) is 0 Å². The summed E-state index contributed by atoms with van der Waals surface area (Å²) in [5.41, 5.74) is 0.890. The summed E-state index contributed by atoms with van der Waals surface area (Å²) in [6.45, 7) is 4.66. The first-order valence-corrected chi connectivity index (χ1v) is 5.56. The van der Waals surface area contributed by atoms with Gasteiger partial charge in [0.05, 0.1) is 24.7 Å². The minimum atomic E-state index is 0.170. The normalized spacial score (nSPS) is 21.2. The van der Waals surface area contributed by atoms with Crippen LogP contribution in [0.1, 0.15) is 12.1 Å². The average molecular weight is 223 g/mol. The SMILES string of the molecule is Cc1cnc(O[C@@H]2CCN(CCO)C2)cn1. The summed E-state index contributed by atoms with van der Waals surface area (Å²) < 4.78 is 5.71. The standard InChI is InChI=1S/C11H17N3O2/c1-9-6-13-11(7-12-9)16-10-2-3-14(8-10)4-5-15/h6-7,10,15H,2-5,8H2,1H3/t10-/m1/s1. The van der Waals surface area contributed by atoms with Gasteiger partial charge < -0.3 is 9.84 Å². The highest BCUT2D eigenvalue weighted by Gasteiger charge is 2.23. The fourth-order valence-corrected chi connectivity index (χ4v) is 1.85. The highest BCUT2D eigenvalue weighted by molar-refractivity contribution is 5.06. The van der Waals surface area contributed by atoms with Crippen LogP contribution in [0, 0.1) is 6.92 Å². The average Bonchev–Trinajstić information content (AvgIpc) is 2.70. The number of aliphatic hydroxyl groups is 1. The third-order valence-electron chi connectivity index (χ3n) is 2.69. The van der Waals surface area contributed by atoms with Gasteiger partial charge in [-0.2, -0.15) is 0 Å². The van der Waals surface area contributed by atoms with Crippen molar-refractivity contribution in [1.29, 1.82) is 0 Å². The van der Waals surface area contributed by atoms with E-state index in [1.54, 1.807) is 12.4 Å². The van der Waals surface area contributed by atoms with Gasteiger partial charge in [0.25, 0.3) is 0 Å². The number of aromatic nitrogens is 2. The lowest BCUT2D eigenvalue weighted by Crippen LogP contribution is -2.27. The van der Waals surface area contributed by atoms with Crippen LogP contribution in [0.25, 0.3) is 0 Å². The van der Waals surface area contributed by atoms with E-state index in [0.29, 0.717) is 5.88 Å². The molecular formula is C11H17N3O2. The molecule has 16 heavy (non-hydrogen) atoms. The van der Waals surface area contributed by atoms with Crippen molar-refractivity contribution in [3.05, 3.63) is 18.1 Å². The second-order valence-electron chi connectivity index (χ2n) is 4.05. The lowest BCUT2D eigenvalue weighted by molar-refractivity contribution is 0.176.